The maximum Gasteiger partial charge on any atom is 0.407 e. The van der Waals surface area contributed by atoms with Gasteiger partial charge >= 0.3 is 6.09 Å². The molecule has 4 N–H and O–H groups in total. The van der Waals surface area contributed by atoms with Gasteiger partial charge in [-0.25, -0.2) is 9.78 Å². The van der Waals surface area contributed by atoms with Gasteiger partial charge in [0.2, 0.25) is 0 Å². The molecule has 4 rings (SSSR count). The number of amides is 1. The summed E-state index contributed by atoms with van der Waals surface area (Å²) < 4.78 is 5.35. The summed E-state index contributed by atoms with van der Waals surface area (Å²) in [5.41, 5.74) is 9.33. The lowest BCUT2D eigenvalue weighted by Gasteiger charge is -2.26. The first kappa shape index (κ1) is 24.5. The van der Waals surface area contributed by atoms with Crippen molar-refractivity contribution in [3.8, 4) is 10.6 Å². The van der Waals surface area contributed by atoms with Gasteiger partial charge in [-0.05, 0) is 46.8 Å². The van der Waals surface area contributed by atoms with Crippen LogP contribution < -0.4 is 16.4 Å². The number of carbonyl (C=O) groups excluding carboxylic acids is 2. The molecule has 35 heavy (non-hydrogen) atoms. The molecule has 180 valence electrons. The van der Waals surface area contributed by atoms with Gasteiger partial charge in [-0.1, -0.05) is 18.2 Å². The van der Waals surface area contributed by atoms with Gasteiger partial charge < -0.3 is 21.1 Å². The molecule has 1 amide bonds. The van der Waals surface area contributed by atoms with Crippen molar-refractivity contribution in [3.63, 3.8) is 0 Å². The molecule has 0 aliphatic carbocycles. The molecule has 3 heterocycles. The first-order valence-corrected chi connectivity index (χ1v) is 12.7. The standard InChI is InChI=1S/C25H25N5O3S2/c1-27-25(32)33-21(14-31)23(17-8-10-28-11-9-17)29-13-19(16-4-6-18(26)7-5-16)24-30-20(15-35-24)22-3-2-12-34-22/h2-12,14-15,19,21,23,29H,13,26H2,1H3,(H,27,32)/t19-,21?,23?/m1/s1. The molecule has 3 aromatic heterocycles. The molecule has 0 aliphatic heterocycles. The molecule has 0 saturated heterocycles. The third-order valence-corrected chi connectivity index (χ3v) is 7.30. The number of nitrogens with zero attached hydrogens (tertiary/aromatic N) is 2. The van der Waals surface area contributed by atoms with Crippen LogP contribution in [0.2, 0.25) is 0 Å². The Hall–Kier alpha value is -3.60. The van der Waals surface area contributed by atoms with Crippen LogP contribution in [-0.4, -0.2) is 42.0 Å². The fraction of sp³-hybridized carbons (Fsp3) is 0.200. The van der Waals surface area contributed by atoms with Gasteiger partial charge in [0.05, 0.1) is 16.6 Å². The minimum absolute atomic E-state index is 0.119. The molecule has 0 saturated carbocycles. The highest BCUT2D eigenvalue weighted by Gasteiger charge is 2.28. The molecular weight excluding hydrogens is 482 g/mol. The van der Waals surface area contributed by atoms with E-state index in [2.05, 4.69) is 21.0 Å². The summed E-state index contributed by atoms with van der Waals surface area (Å²) in [7, 11) is 1.45. The van der Waals surface area contributed by atoms with Crippen LogP contribution in [0.4, 0.5) is 10.5 Å². The van der Waals surface area contributed by atoms with E-state index in [1.165, 1.54) is 7.05 Å². The van der Waals surface area contributed by atoms with E-state index in [0.29, 0.717) is 18.5 Å². The number of benzene rings is 1. The lowest BCUT2D eigenvalue weighted by Crippen LogP contribution is -2.40. The number of alkyl carbamates (subject to hydrolysis) is 1. The van der Waals surface area contributed by atoms with Crippen LogP contribution in [0.1, 0.15) is 28.1 Å². The van der Waals surface area contributed by atoms with Crippen molar-refractivity contribution in [2.75, 3.05) is 19.3 Å². The summed E-state index contributed by atoms with van der Waals surface area (Å²) in [4.78, 5) is 33.9. The fourth-order valence-corrected chi connectivity index (χ4v) is 5.36. The number of ether oxygens (including phenoxy) is 1. The summed E-state index contributed by atoms with van der Waals surface area (Å²) in [6.45, 7) is 0.440. The number of nitrogen functional groups attached to an aromatic ring is 1. The lowest BCUT2D eigenvalue weighted by atomic mass is 9.97. The maximum absolute atomic E-state index is 11.9. The average Bonchev–Trinajstić information content (AvgIpc) is 3.59. The molecule has 0 fully saturated rings. The number of carbonyl (C=O) groups is 2. The lowest BCUT2D eigenvalue weighted by molar-refractivity contribution is -0.116. The fourth-order valence-electron chi connectivity index (χ4n) is 3.66. The maximum atomic E-state index is 11.9. The van der Waals surface area contributed by atoms with E-state index in [1.54, 1.807) is 47.2 Å². The molecule has 3 atom stereocenters. The van der Waals surface area contributed by atoms with Crippen molar-refractivity contribution in [2.45, 2.75) is 18.1 Å². The Labute approximate surface area is 211 Å². The molecule has 0 radical (unpaired) electrons. The Morgan fingerprint density at radius 3 is 2.54 bits per heavy atom. The van der Waals surface area contributed by atoms with Crippen LogP contribution in [0.3, 0.4) is 0 Å². The quantitative estimate of drug-likeness (QED) is 0.217. The normalized spacial score (nSPS) is 13.5. The van der Waals surface area contributed by atoms with E-state index in [1.807, 2.05) is 41.8 Å². The van der Waals surface area contributed by atoms with Crippen molar-refractivity contribution in [3.05, 3.63) is 87.8 Å². The van der Waals surface area contributed by atoms with Crippen molar-refractivity contribution < 1.29 is 14.3 Å². The van der Waals surface area contributed by atoms with Crippen molar-refractivity contribution in [1.29, 1.82) is 0 Å². The van der Waals surface area contributed by atoms with Gasteiger partial charge in [-0.3, -0.25) is 9.78 Å². The van der Waals surface area contributed by atoms with Gasteiger partial charge in [0.15, 0.2) is 12.4 Å². The van der Waals surface area contributed by atoms with Crippen LogP contribution in [0, 0.1) is 0 Å². The zero-order valence-corrected chi connectivity index (χ0v) is 20.6. The van der Waals surface area contributed by atoms with Crippen LogP contribution in [0.5, 0.6) is 0 Å². The van der Waals surface area contributed by atoms with Crippen LogP contribution in [0.15, 0.2) is 71.7 Å². The first-order chi connectivity index (χ1) is 17.1. The van der Waals surface area contributed by atoms with Crippen LogP contribution in [0.25, 0.3) is 10.6 Å². The minimum atomic E-state index is -1.04. The van der Waals surface area contributed by atoms with Gasteiger partial charge in [0, 0.05) is 43.0 Å². The number of nitrogens with two attached hydrogens (primary N) is 1. The van der Waals surface area contributed by atoms with E-state index in [-0.39, 0.29) is 5.92 Å². The Balaban J connectivity index is 1.64. The van der Waals surface area contributed by atoms with Gasteiger partial charge in [0.25, 0.3) is 0 Å². The number of pyridine rings is 1. The predicted octanol–water partition coefficient (Wildman–Crippen LogP) is 4.24. The molecule has 1 aromatic carbocycles. The Morgan fingerprint density at radius 1 is 1.11 bits per heavy atom. The molecule has 0 spiro atoms. The SMILES string of the molecule is CNC(=O)OC(C=O)C(NC[C@H](c1ccc(N)cc1)c1nc(-c2cccs2)cs1)c1ccncc1. The predicted molar refractivity (Wildman–Crippen MR) is 138 cm³/mol. The minimum Gasteiger partial charge on any atom is -0.436 e. The van der Waals surface area contributed by atoms with Gasteiger partial charge in [-0.2, -0.15) is 0 Å². The largest absolute Gasteiger partial charge is 0.436 e. The van der Waals surface area contributed by atoms with Crippen LogP contribution in [-0.2, 0) is 9.53 Å². The van der Waals surface area contributed by atoms with E-state index < -0.39 is 18.2 Å². The van der Waals surface area contributed by atoms with Crippen molar-refractivity contribution >= 4 is 40.7 Å². The number of anilines is 1. The summed E-state index contributed by atoms with van der Waals surface area (Å²) >= 11 is 3.22. The third-order valence-electron chi connectivity index (χ3n) is 5.45. The molecule has 0 bridgehead atoms. The van der Waals surface area contributed by atoms with E-state index in [4.69, 9.17) is 15.5 Å². The number of rotatable bonds is 10. The second kappa shape index (κ2) is 11.7. The summed E-state index contributed by atoms with van der Waals surface area (Å²) in [5.74, 6) is -0.119. The summed E-state index contributed by atoms with van der Waals surface area (Å²) in [6.07, 6.45) is 2.18. The molecule has 10 heteroatoms. The molecule has 4 aromatic rings. The second-order valence-corrected chi connectivity index (χ2v) is 9.53. The monoisotopic (exact) mass is 507 g/mol. The van der Waals surface area contributed by atoms with E-state index in [0.717, 1.165) is 26.7 Å². The van der Waals surface area contributed by atoms with Gasteiger partial charge in [-0.15, -0.1) is 22.7 Å². The highest BCUT2D eigenvalue weighted by molar-refractivity contribution is 7.14. The smallest absolute Gasteiger partial charge is 0.407 e. The number of aldehydes is 1. The number of thiophene rings is 1. The van der Waals surface area contributed by atoms with Gasteiger partial charge in [0.1, 0.15) is 5.01 Å². The molecule has 0 aliphatic rings. The topological polar surface area (TPSA) is 119 Å². The third kappa shape index (κ3) is 6.10. The highest BCUT2D eigenvalue weighted by atomic mass is 32.1. The number of hydrogen-bond acceptors (Lipinski definition) is 9. The van der Waals surface area contributed by atoms with Crippen molar-refractivity contribution in [2.24, 2.45) is 0 Å². The number of hydrogen-bond donors (Lipinski definition) is 3. The zero-order valence-electron chi connectivity index (χ0n) is 19.0. The molecule has 8 nitrogen and oxygen atoms in total. The second-order valence-electron chi connectivity index (χ2n) is 7.69. The Morgan fingerprint density at radius 2 is 1.89 bits per heavy atom. The Kier molecular flexibility index (Phi) is 8.19. The summed E-state index contributed by atoms with van der Waals surface area (Å²) in [5, 5.41) is 10.8. The van der Waals surface area contributed by atoms with E-state index in [9.17, 15) is 9.59 Å². The van der Waals surface area contributed by atoms with Crippen molar-refractivity contribution in [1.82, 2.24) is 20.6 Å². The zero-order chi connectivity index (χ0) is 24.6. The number of nitrogens with one attached hydrogen (secondary N) is 2. The first-order valence-electron chi connectivity index (χ1n) is 10.9. The van der Waals surface area contributed by atoms with E-state index >= 15 is 0 Å². The average molecular weight is 508 g/mol. The molecule has 2 unspecified atom stereocenters. The number of aromatic nitrogens is 2. The summed E-state index contributed by atoms with van der Waals surface area (Å²) in [6, 6.07) is 14.7. The highest BCUT2D eigenvalue weighted by Crippen LogP contribution is 2.33. The van der Waals surface area contributed by atoms with Crippen LogP contribution >= 0.6 is 22.7 Å². The Bertz CT molecular complexity index is 1230. The number of thiazole rings is 1. The molecular formula is C25H25N5O3S2.